The number of rotatable bonds is 2. The van der Waals surface area contributed by atoms with Crippen LogP contribution in [0.5, 0.6) is 5.75 Å². The van der Waals surface area contributed by atoms with E-state index in [4.69, 9.17) is 4.43 Å². The van der Waals surface area contributed by atoms with Gasteiger partial charge in [-0.1, -0.05) is 46.3 Å². The average molecular weight is 373 g/mol. The van der Waals surface area contributed by atoms with E-state index in [0.29, 0.717) is 0 Å². The third kappa shape index (κ3) is 5.71. The van der Waals surface area contributed by atoms with Crippen LogP contribution >= 0.6 is 0 Å². The Bertz CT molecular complexity index is 654. The van der Waals surface area contributed by atoms with Gasteiger partial charge >= 0.3 is 6.18 Å². The first kappa shape index (κ1) is 20.8. The fourth-order valence-electron chi connectivity index (χ4n) is 1.63. The predicted molar refractivity (Wildman–Crippen MR) is 99.5 cm³/mol. The molecule has 0 unspecified atom stereocenters. The lowest BCUT2D eigenvalue weighted by Crippen LogP contribution is -2.43. The molecule has 0 heterocycles. The van der Waals surface area contributed by atoms with Crippen LogP contribution in [0.2, 0.25) is 37.8 Å². The molecule has 134 valence electrons. The third-order valence-corrected chi connectivity index (χ3v) is 9.28. The molecule has 0 saturated heterocycles. The molecule has 0 N–H and O–H groups in total. The average Bonchev–Trinajstić information content (AvgIpc) is 2.33. The van der Waals surface area contributed by atoms with E-state index in [1.54, 1.807) is 6.07 Å². The lowest BCUT2D eigenvalue weighted by molar-refractivity contribution is -0.137. The highest BCUT2D eigenvalue weighted by Gasteiger charge is 2.40. The van der Waals surface area contributed by atoms with E-state index >= 15 is 0 Å². The van der Waals surface area contributed by atoms with Gasteiger partial charge in [0.25, 0.3) is 0 Å². The van der Waals surface area contributed by atoms with Gasteiger partial charge in [0.05, 0.1) is 5.56 Å². The van der Waals surface area contributed by atoms with Gasteiger partial charge in [0.15, 0.2) is 0 Å². The highest BCUT2D eigenvalue weighted by atomic mass is 28.4. The van der Waals surface area contributed by atoms with Crippen molar-refractivity contribution in [2.24, 2.45) is 0 Å². The molecule has 0 bridgehead atoms. The Kier molecular flexibility index (Phi) is 5.74. The summed E-state index contributed by atoms with van der Waals surface area (Å²) in [4.78, 5) is 0. The lowest BCUT2D eigenvalue weighted by Gasteiger charge is -2.36. The molecule has 0 amide bonds. The van der Waals surface area contributed by atoms with Crippen LogP contribution in [0, 0.1) is 11.5 Å². The molecule has 1 nitrogen and oxygen atoms in total. The van der Waals surface area contributed by atoms with Crippen molar-refractivity contribution in [3.8, 4) is 17.2 Å². The van der Waals surface area contributed by atoms with E-state index in [1.807, 2.05) is 32.7 Å². The molecular weight excluding hydrogens is 345 g/mol. The lowest BCUT2D eigenvalue weighted by atomic mass is 10.1. The van der Waals surface area contributed by atoms with E-state index in [2.05, 4.69) is 32.2 Å². The maximum atomic E-state index is 13.4. The Labute approximate surface area is 145 Å². The second-order valence-corrected chi connectivity index (χ2v) is 18.0. The van der Waals surface area contributed by atoms with E-state index in [9.17, 15) is 13.2 Å². The Balaban J connectivity index is 3.33. The SMILES string of the molecule is CC(C)(C)[Si](C)(C)Oc1ccc(C#C[Si](C)(C)C)c(C(F)(F)F)c1. The highest BCUT2D eigenvalue weighted by Crippen LogP contribution is 2.39. The van der Waals surface area contributed by atoms with Crippen LogP contribution in [0.25, 0.3) is 0 Å². The molecule has 1 aromatic carbocycles. The van der Waals surface area contributed by atoms with Crippen molar-refractivity contribution in [1.29, 1.82) is 0 Å². The predicted octanol–water partition coefficient (Wildman–Crippen LogP) is 6.32. The summed E-state index contributed by atoms with van der Waals surface area (Å²) in [6.45, 7) is 16.2. The monoisotopic (exact) mass is 372 g/mol. The number of halogens is 3. The molecular formula is C18H27F3OSi2. The summed E-state index contributed by atoms with van der Waals surface area (Å²) >= 11 is 0. The second kappa shape index (κ2) is 6.60. The maximum absolute atomic E-state index is 13.4. The molecule has 6 heteroatoms. The number of hydrogen-bond donors (Lipinski definition) is 0. The van der Waals surface area contributed by atoms with Crippen LogP contribution in [-0.4, -0.2) is 16.4 Å². The molecule has 0 aliphatic carbocycles. The van der Waals surface area contributed by atoms with Crippen molar-refractivity contribution < 1.29 is 17.6 Å². The van der Waals surface area contributed by atoms with Crippen LogP contribution in [0.15, 0.2) is 18.2 Å². The van der Waals surface area contributed by atoms with Crippen molar-refractivity contribution in [3.63, 3.8) is 0 Å². The zero-order valence-corrected chi connectivity index (χ0v) is 17.8. The Morgan fingerprint density at radius 2 is 1.50 bits per heavy atom. The Morgan fingerprint density at radius 3 is 1.92 bits per heavy atom. The van der Waals surface area contributed by atoms with Crippen LogP contribution < -0.4 is 4.43 Å². The summed E-state index contributed by atoms with van der Waals surface area (Å²) in [5.41, 5.74) is 2.30. The van der Waals surface area contributed by atoms with Gasteiger partial charge in [-0.15, -0.1) is 5.54 Å². The minimum absolute atomic E-state index is 0.0208. The topological polar surface area (TPSA) is 9.23 Å². The second-order valence-electron chi connectivity index (χ2n) is 8.57. The normalized spacial score (nSPS) is 13.3. The maximum Gasteiger partial charge on any atom is 0.417 e. The molecule has 1 aromatic rings. The van der Waals surface area contributed by atoms with E-state index in [1.165, 1.54) is 6.07 Å². The van der Waals surface area contributed by atoms with E-state index < -0.39 is 28.1 Å². The van der Waals surface area contributed by atoms with Gasteiger partial charge in [0, 0.05) is 5.56 Å². The summed E-state index contributed by atoms with van der Waals surface area (Å²) in [7, 11) is -3.94. The Hall–Kier alpha value is -1.20. The minimum atomic E-state index is -4.45. The zero-order chi connectivity index (χ0) is 19.0. The van der Waals surface area contributed by atoms with Gasteiger partial charge in [-0.3, -0.25) is 0 Å². The van der Waals surface area contributed by atoms with Gasteiger partial charge in [-0.2, -0.15) is 13.2 Å². The smallest absolute Gasteiger partial charge is 0.417 e. The minimum Gasteiger partial charge on any atom is -0.543 e. The third-order valence-electron chi connectivity index (χ3n) is 4.05. The first-order valence-electron chi connectivity index (χ1n) is 7.96. The zero-order valence-electron chi connectivity index (χ0n) is 15.8. The van der Waals surface area contributed by atoms with Crippen LogP contribution in [-0.2, 0) is 6.18 Å². The standard InChI is InChI=1S/C18H27F3OSi2/c1-17(2,3)24(7,8)22-15-10-9-14(11-12-23(4,5)6)16(13-15)18(19,20)21/h9-10,13H,1-8H3. The molecule has 1 rings (SSSR count). The number of benzene rings is 1. The summed E-state index contributed by atoms with van der Waals surface area (Å²) in [6.07, 6.45) is -4.45. The van der Waals surface area contributed by atoms with E-state index in [-0.39, 0.29) is 16.4 Å². The number of hydrogen-bond acceptors (Lipinski definition) is 1. The van der Waals surface area contributed by atoms with Crippen molar-refractivity contribution >= 4 is 16.4 Å². The first-order chi connectivity index (χ1) is 10.5. The quantitative estimate of drug-likeness (QED) is 0.436. The summed E-state index contributed by atoms with van der Waals surface area (Å²) in [5, 5.41) is -0.0816. The van der Waals surface area contributed by atoms with Gasteiger partial charge in [-0.25, -0.2) is 0 Å². The summed E-state index contributed by atoms with van der Waals surface area (Å²) in [5.74, 6) is 3.00. The van der Waals surface area contributed by atoms with E-state index in [0.717, 1.165) is 6.07 Å². The van der Waals surface area contributed by atoms with Crippen molar-refractivity contribution in [1.82, 2.24) is 0 Å². The van der Waals surface area contributed by atoms with Gasteiger partial charge in [-0.05, 0) is 36.3 Å². The largest absolute Gasteiger partial charge is 0.543 e. The molecule has 0 aliphatic rings. The van der Waals surface area contributed by atoms with Gasteiger partial charge < -0.3 is 4.43 Å². The van der Waals surface area contributed by atoms with Crippen molar-refractivity contribution in [2.75, 3.05) is 0 Å². The van der Waals surface area contributed by atoms with Crippen LogP contribution in [0.1, 0.15) is 31.9 Å². The van der Waals surface area contributed by atoms with Gasteiger partial charge in [0.1, 0.15) is 13.8 Å². The van der Waals surface area contributed by atoms with Crippen LogP contribution in [0.3, 0.4) is 0 Å². The van der Waals surface area contributed by atoms with Crippen molar-refractivity contribution in [2.45, 2.75) is 64.7 Å². The molecule has 24 heavy (non-hydrogen) atoms. The summed E-state index contributed by atoms with van der Waals surface area (Å²) < 4.78 is 46.2. The molecule has 0 aromatic heterocycles. The Morgan fingerprint density at radius 1 is 0.958 bits per heavy atom. The van der Waals surface area contributed by atoms with Gasteiger partial charge in [0.2, 0.25) is 8.32 Å². The first-order valence-corrected chi connectivity index (χ1v) is 14.4. The number of alkyl halides is 3. The molecule has 0 fully saturated rings. The fourth-order valence-corrected chi connectivity index (χ4v) is 3.17. The fraction of sp³-hybridized carbons (Fsp3) is 0.556. The summed E-state index contributed by atoms with van der Waals surface area (Å²) in [6, 6.07) is 4.12. The van der Waals surface area contributed by atoms with Crippen LogP contribution in [0.4, 0.5) is 13.2 Å². The molecule has 0 saturated carbocycles. The molecule has 0 atom stereocenters. The van der Waals surface area contributed by atoms with Crippen molar-refractivity contribution in [3.05, 3.63) is 29.3 Å². The molecule has 0 spiro atoms. The molecule has 0 aliphatic heterocycles. The highest BCUT2D eigenvalue weighted by molar-refractivity contribution is 6.83. The molecule has 0 radical (unpaired) electrons.